The third-order valence-corrected chi connectivity index (χ3v) is 4.77. The number of phenolic OH excluding ortho intramolecular Hbond substituents is 1. The third-order valence-electron chi connectivity index (χ3n) is 4.77. The number of hydrogen-bond donors (Lipinski definition) is 2. The van der Waals surface area contributed by atoms with Gasteiger partial charge in [0.1, 0.15) is 5.75 Å². The van der Waals surface area contributed by atoms with Gasteiger partial charge in [0.15, 0.2) is 0 Å². The molecule has 0 atom stereocenters. The zero-order valence-corrected chi connectivity index (χ0v) is 15.4. The summed E-state index contributed by atoms with van der Waals surface area (Å²) >= 11 is 0. The molecule has 26 heavy (non-hydrogen) atoms. The van der Waals surface area contributed by atoms with E-state index in [1.165, 1.54) is 17.3 Å². The molecule has 0 radical (unpaired) electrons. The van der Waals surface area contributed by atoms with Gasteiger partial charge in [-0.2, -0.15) is 5.10 Å². The second-order valence-corrected chi connectivity index (χ2v) is 7.03. The predicted octanol–water partition coefficient (Wildman–Crippen LogP) is 3.79. The average molecular weight is 349 g/mol. The molecule has 1 heterocycles. The highest BCUT2D eigenvalue weighted by Crippen LogP contribution is 2.37. The van der Waals surface area contributed by atoms with Gasteiger partial charge in [-0.1, -0.05) is 24.3 Å². The summed E-state index contributed by atoms with van der Waals surface area (Å²) in [5.41, 5.74) is 7.05. The SMILES string of the molecule is CC1=CC(C)(C)N(C)c2ccc(/C=N/NC(=O)c3ccccc3O)cc21. The molecule has 0 bridgehead atoms. The zero-order valence-electron chi connectivity index (χ0n) is 15.4. The molecule has 0 spiro atoms. The van der Waals surface area contributed by atoms with Crippen molar-refractivity contribution < 1.29 is 9.90 Å². The van der Waals surface area contributed by atoms with Gasteiger partial charge in [0, 0.05) is 18.3 Å². The van der Waals surface area contributed by atoms with E-state index in [4.69, 9.17) is 0 Å². The molecule has 5 nitrogen and oxygen atoms in total. The fourth-order valence-corrected chi connectivity index (χ4v) is 3.15. The number of allylic oxidation sites excluding steroid dienone is 1. The number of benzene rings is 2. The van der Waals surface area contributed by atoms with Crippen molar-refractivity contribution in [1.29, 1.82) is 0 Å². The highest BCUT2D eigenvalue weighted by Gasteiger charge is 2.28. The number of hydrogen-bond acceptors (Lipinski definition) is 4. The molecular weight excluding hydrogens is 326 g/mol. The van der Waals surface area contributed by atoms with Gasteiger partial charge in [-0.25, -0.2) is 5.43 Å². The highest BCUT2D eigenvalue weighted by atomic mass is 16.3. The van der Waals surface area contributed by atoms with E-state index in [2.05, 4.69) is 61.5 Å². The number of phenols is 1. The van der Waals surface area contributed by atoms with Gasteiger partial charge >= 0.3 is 0 Å². The van der Waals surface area contributed by atoms with Gasteiger partial charge in [-0.05, 0) is 56.2 Å². The van der Waals surface area contributed by atoms with Gasteiger partial charge in [0.05, 0.1) is 17.3 Å². The normalized spacial score (nSPS) is 15.5. The smallest absolute Gasteiger partial charge is 0.275 e. The molecule has 2 aromatic rings. The summed E-state index contributed by atoms with van der Waals surface area (Å²) in [6, 6.07) is 12.5. The fraction of sp³-hybridized carbons (Fsp3) is 0.238. The Morgan fingerprint density at radius 1 is 1.23 bits per heavy atom. The van der Waals surface area contributed by atoms with Crippen LogP contribution >= 0.6 is 0 Å². The predicted molar refractivity (Wildman–Crippen MR) is 106 cm³/mol. The topological polar surface area (TPSA) is 64.9 Å². The molecular formula is C21H23N3O2. The maximum absolute atomic E-state index is 12.1. The maximum Gasteiger partial charge on any atom is 0.275 e. The number of carbonyl (C=O) groups excluding carboxylic acids is 1. The van der Waals surface area contributed by atoms with Gasteiger partial charge in [-0.15, -0.1) is 0 Å². The van der Waals surface area contributed by atoms with Crippen molar-refractivity contribution in [2.24, 2.45) is 5.10 Å². The first kappa shape index (κ1) is 17.7. The maximum atomic E-state index is 12.1. The molecule has 1 amide bonds. The van der Waals surface area contributed by atoms with E-state index in [1.807, 2.05) is 6.07 Å². The number of nitrogens with zero attached hydrogens (tertiary/aromatic N) is 2. The van der Waals surface area contributed by atoms with E-state index >= 15 is 0 Å². The quantitative estimate of drug-likeness (QED) is 0.654. The number of fused-ring (bicyclic) bond motifs is 1. The summed E-state index contributed by atoms with van der Waals surface area (Å²) in [4.78, 5) is 14.3. The molecule has 2 N–H and O–H groups in total. The highest BCUT2D eigenvalue weighted by molar-refractivity contribution is 5.97. The molecule has 2 aromatic carbocycles. The number of para-hydroxylation sites is 1. The van der Waals surface area contributed by atoms with E-state index in [0.717, 1.165) is 11.1 Å². The first-order chi connectivity index (χ1) is 12.3. The molecule has 1 aliphatic rings. The van der Waals surface area contributed by atoms with Crippen molar-refractivity contribution >= 4 is 23.4 Å². The van der Waals surface area contributed by atoms with E-state index in [9.17, 15) is 9.90 Å². The summed E-state index contributed by atoms with van der Waals surface area (Å²) in [5.74, 6) is -0.518. The summed E-state index contributed by atoms with van der Waals surface area (Å²) in [6.45, 7) is 6.47. The van der Waals surface area contributed by atoms with E-state index < -0.39 is 5.91 Å². The Kier molecular flexibility index (Phi) is 4.55. The summed E-state index contributed by atoms with van der Waals surface area (Å²) in [6.07, 6.45) is 3.85. The number of likely N-dealkylation sites (N-methyl/N-ethyl adjacent to an activating group) is 1. The Balaban J connectivity index is 1.78. The second kappa shape index (κ2) is 6.67. The van der Waals surface area contributed by atoms with Gasteiger partial charge in [-0.3, -0.25) is 4.79 Å². The van der Waals surface area contributed by atoms with Crippen LogP contribution in [-0.2, 0) is 0 Å². The number of nitrogens with one attached hydrogen (secondary N) is 1. The van der Waals surface area contributed by atoms with Crippen LogP contribution in [0, 0.1) is 0 Å². The number of hydrazone groups is 1. The molecule has 0 fully saturated rings. The third kappa shape index (κ3) is 3.33. The van der Waals surface area contributed by atoms with Crippen LogP contribution < -0.4 is 10.3 Å². The lowest BCUT2D eigenvalue weighted by Crippen LogP contribution is -2.42. The van der Waals surface area contributed by atoms with Crippen LogP contribution in [-0.4, -0.2) is 29.8 Å². The molecule has 3 rings (SSSR count). The van der Waals surface area contributed by atoms with Gasteiger partial charge in [0.2, 0.25) is 0 Å². The molecule has 5 heteroatoms. The number of amides is 1. The van der Waals surface area contributed by atoms with Crippen molar-refractivity contribution in [2.45, 2.75) is 26.3 Å². The van der Waals surface area contributed by atoms with Gasteiger partial charge in [0.25, 0.3) is 5.91 Å². The number of carbonyl (C=O) groups is 1. The van der Waals surface area contributed by atoms with E-state index in [1.54, 1.807) is 24.4 Å². The summed E-state index contributed by atoms with van der Waals surface area (Å²) < 4.78 is 0. The Morgan fingerprint density at radius 2 is 1.96 bits per heavy atom. The van der Waals surface area contributed by atoms with Crippen LogP contribution in [0.4, 0.5) is 5.69 Å². The van der Waals surface area contributed by atoms with Crippen LogP contribution in [0.3, 0.4) is 0 Å². The number of anilines is 1. The first-order valence-electron chi connectivity index (χ1n) is 8.49. The molecule has 134 valence electrons. The number of aromatic hydroxyl groups is 1. The molecule has 0 aromatic heterocycles. The molecule has 0 saturated carbocycles. The van der Waals surface area contributed by atoms with E-state index in [-0.39, 0.29) is 16.9 Å². The monoisotopic (exact) mass is 349 g/mol. The molecule has 0 saturated heterocycles. The Labute approximate surface area is 153 Å². The van der Waals surface area contributed by atoms with E-state index in [0.29, 0.717) is 0 Å². The van der Waals surface area contributed by atoms with Crippen molar-refractivity contribution in [3.05, 3.63) is 65.2 Å². The van der Waals surface area contributed by atoms with Crippen molar-refractivity contribution in [2.75, 3.05) is 11.9 Å². The molecule has 0 unspecified atom stereocenters. The molecule has 0 aliphatic carbocycles. The van der Waals surface area contributed by atoms with Crippen LogP contribution in [0.2, 0.25) is 0 Å². The zero-order chi connectivity index (χ0) is 18.9. The van der Waals surface area contributed by atoms with Crippen LogP contribution in [0.5, 0.6) is 5.75 Å². The first-order valence-corrected chi connectivity index (χ1v) is 8.49. The van der Waals surface area contributed by atoms with Crippen molar-refractivity contribution in [1.82, 2.24) is 5.43 Å². The summed E-state index contributed by atoms with van der Waals surface area (Å²) in [7, 11) is 2.09. The lowest BCUT2D eigenvalue weighted by atomic mass is 9.89. The lowest BCUT2D eigenvalue weighted by Gasteiger charge is -2.40. The minimum atomic E-state index is -0.449. The van der Waals surface area contributed by atoms with Crippen molar-refractivity contribution in [3.63, 3.8) is 0 Å². The Hall–Kier alpha value is -3.08. The number of rotatable bonds is 3. The minimum Gasteiger partial charge on any atom is -0.507 e. The van der Waals surface area contributed by atoms with Crippen LogP contribution in [0.1, 0.15) is 42.3 Å². The lowest BCUT2D eigenvalue weighted by molar-refractivity contribution is 0.0952. The average Bonchev–Trinajstić information content (AvgIpc) is 2.60. The van der Waals surface area contributed by atoms with Crippen LogP contribution in [0.25, 0.3) is 5.57 Å². The van der Waals surface area contributed by atoms with Crippen molar-refractivity contribution in [3.8, 4) is 5.75 Å². The largest absolute Gasteiger partial charge is 0.507 e. The minimum absolute atomic E-state index is 0.0294. The Bertz CT molecular complexity index is 913. The van der Waals surface area contributed by atoms with Crippen LogP contribution in [0.15, 0.2) is 53.6 Å². The molecule has 1 aliphatic heterocycles. The Morgan fingerprint density at radius 3 is 2.69 bits per heavy atom. The second-order valence-electron chi connectivity index (χ2n) is 7.03. The van der Waals surface area contributed by atoms with Gasteiger partial charge < -0.3 is 10.0 Å². The standard InChI is InChI=1S/C21H23N3O2/c1-14-12-21(2,3)24(4)18-10-9-15(11-17(14)18)13-22-23-20(26)16-7-5-6-8-19(16)25/h5-13,25H,1-4H3,(H,23,26)/b22-13+. The summed E-state index contributed by atoms with van der Waals surface area (Å²) in [5, 5.41) is 13.7. The fourth-order valence-electron chi connectivity index (χ4n) is 3.15.